The molecule has 1 rings (SSSR count). The third-order valence-corrected chi connectivity index (χ3v) is 3.63. The number of carbonyl (C=O) groups is 2. The van der Waals surface area contributed by atoms with Crippen LogP contribution in [0.1, 0.15) is 13.3 Å². The van der Waals surface area contributed by atoms with Gasteiger partial charge in [0.1, 0.15) is 0 Å². The molecule has 1 fully saturated rings. The lowest BCUT2D eigenvalue weighted by molar-refractivity contribution is -0.135. The van der Waals surface area contributed by atoms with Gasteiger partial charge in [-0.15, -0.1) is 24.8 Å². The number of piperazine rings is 1. The van der Waals surface area contributed by atoms with Crippen molar-refractivity contribution in [2.75, 3.05) is 53.0 Å². The zero-order valence-corrected chi connectivity index (χ0v) is 14.9. The van der Waals surface area contributed by atoms with Crippen molar-refractivity contribution in [3.63, 3.8) is 0 Å². The summed E-state index contributed by atoms with van der Waals surface area (Å²) in [5, 5.41) is 2.52. The van der Waals surface area contributed by atoms with Gasteiger partial charge in [-0.05, 0) is 6.42 Å². The summed E-state index contributed by atoms with van der Waals surface area (Å²) in [6, 6.07) is 0.355. The molecule has 0 saturated carbocycles. The quantitative estimate of drug-likeness (QED) is 0.638. The second kappa shape index (κ2) is 12.9. The van der Waals surface area contributed by atoms with Gasteiger partial charge in [-0.25, -0.2) is 0 Å². The molecule has 0 aliphatic carbocycles. The Kier molecular flexibility index (Phi) is 13.9. The Bertz CT molecular complexity index is 334. The number of nitrogens with one attached hydrogen (secondary N) is 1. The van der Waals surface area contributed by atoms with Crippen LogP contribution in [0.25, 0.3) is 0 Å². The summed E-state index contributed by atoms with van der Waals surface area (Å²) in [6.07, 6.45) is 0.989. The zero-order chi connectivity index (χ0) is 15.0. The van der Waals surface area contributed by atoms with Gasteiger partial charge in [-0.1, -0.05) is 6.92 Å². The van der Waals surface area contributed by atoms with Crippen molar-refractivity contribution in [3.8, 4) is 0 Å². The van der Waals surface area contributed by atoms with Gasteiger partial charge in [0.2, 0.25) is 11.8 Å². The maximum absolute atomic E-state index is 12.0. The van der Waals surface area contributed by atoms with E-state index in [9.17, 15) is 9.59 Å². The minimum Gasteiger partial charge on any atom is -0.383 e. The molecule has 0 aromatic carbocycles. The van der Waals surface area contributed by atoms with Crippen LogP contribution in [0.3, 0.4) is 0 Å². The molecule has 0 aromatic heterocycles. The number of halogens is 2. The van der Waals surface area contributed by atoms with E-state index in [1.165, 1.54) is 0 Å². The predicted octanol–water partition coefficient (Wildman–Crippen LogP) is -0.526. The van der Waals surface area contributed by atoms with Crippen molar-refractivity contribution in [3.05, 3.63) is 0 Å². The Morgan fingerprint density at radius 3 is 2.55 bits per heavy atom. The van der Waals surface area contributed by atoms with Crippen LogP contribution in [0.5, 0.6) is 0 Å². The van der Waals surface area contributed by atoms with Crippen molar-refractivity contribution >= 4 is 36.6 Å². The first-order valence-corrected chi connectivity index (χ1v) is 7.09. The standard InChI is InChI=1S/C13H26N4O3.2ClH/c1-3-11-10-17(5-4-16(11)6-7-20-2)13(19)9-15-12(18)8-14;;/h11H,3-10,14H2,1-2H3,(H,15,18);2*1H. The number of methoxy groups -OCH3 is 1. The third kappa shape index (κ3) is 7.60. The number of carbonyl (C=O) groups excluding carboxylic acids is 2. The van der Waals surface area contributed by atoms with E-state index in [2.05, 4.69) is 17.1 Å². The van der Waals surface area contributed by atoms with Crippen LogP contribution in [0.2, 0.25) is 0 Å². The van der Waals surface area contributed by atoms with Crippen molar-refractivity contribution in [2.45, 2.75) is 19.4 Å². The minimum absolute atomic E-state index is 0. The number of nitrogens with zero attached hydrogens (tertiary/aromatic N) is 2. The normalized spacial score (nSPS) is 18.1. The van der Waals surface area contributed by atoms with E-state index in [0.717, 1.165) is 19.5 Å². The second-order valence-corrected chi connectivity index (χ2v) is 4.91. The fraction of sp³-hybridized carbons (Fsp3) is 0.846. The van der Waals surface area contributed by atoms with Crippen LogP contribution in [0.15, 0.2) is 0 Å². The van der Waals surface area contributed by atoms with Gasteiger partial charge in [-0.2, -0.15) is 0 Å². The van der Waals surface area contributed by atoms with Crippen LogP contribution < -0.4 is 11.1 Å². The highest BCUT2D eigenvalue weighted by atomic mass is 35.5. The van der Waals surface area contributed by atoms with Crippen LogP contribution in [0, 0.1) is 0 Å². The summed E-state index contributed by atoms with van der Waals surface area (Å²) in [7, 11) is 1.70. The van der Waals surface area contributed by atoms with Gasteiger partial charge in [0.15, 0.2) is 0 Å². The van der Waals surface area contributed by atoms with Gasteiger partial charge in [-0.3, -0.25) is 14.5 Å². The highest BCUT2D eigenvalue weighted by Crippen LogP contribution is 2.12. The molecule has 1 aliphatic rings. The second-order valence-electron chi connectivity index (χ2n) is 4.91. The summed E-state index contributed by atoms with van der Waals surface area (Å²) in [6.45, 7) is 5.90. The van der Waals surface area contributed by atoms with Crippen molar-refractivity contribution in [1.82, 2.24) is 15.1 Å². The van der Waals surface area contributed by atoms with Crippen molar-refractivity contribution in [2.24, 2.45) is 5.73 Å². The van der Waals surface area contributed by atoms with E-state index >= 15 is 0 Å². The summed E-state index contributed by atoms with van der Waals surface area (Å²) in [4.78, 5) is 27.3. The number of ether oxygens (including phenoxy) is 1. The van der Waals surface area contributed by atoms with Gasteiger partial charge in [0.05, 0.1) is 19.7 Å². The monoisotopic (exact) mass is 358 g/mol. The van der Waals surface area contributed by atoms with Crippen molar-refractivity contribution < 1.29 is 14.3 Å². The van der Waals surface area contributed by atoms with Gasteiger partial charge < -0.3 is 20.7 Å². The van der Waals surface area contributed by atoms with E-state index in [-0.39, 0.29) is 49.7 Å². The molecular formula is C13H28Cl2N4O3. The first kappa shape index (κ1) is 23.7. The Morgan fingerprint density at radius 2 is 2.00 bits per heavy atom. The molecule has 9 heteroatoms. The zero-order valence-electron chi connectivity index (χ0n) is 13.2. The lowest BCUT2D eigenvalue weighted by atomic mass is 10.1. The van der Waals surface area contributed by atoms with E-state index in [0.29, 0.717) is 25.7 Å². The molecule has 132 valence electrons. The number of nitrogens with two attached hydrogens (primary N) is 1. The molecule has 7 nitrogen and oxygen atoms in total. The van der Waals surface area contributed by atoms with E-state index < -0.39 is 0 Å². The van der Waals surface area contributed by atoms with Gasteiger partial charge >= 0.3 is 0 Å². The lowest BCUT2D eigenvalue weighted by Gasteiger charge is -2.41. The molecule has 1 atom stereocenters. The molecule has 1 unspecified atom stereocenters. The van der Waals surface area contributed by atoms with E-state index in [1.807, 2.05) is 4.90 Å². The fourth-order valence-corrected chi connectivity index (χ4v) is 2.37. The average Bonchev–Trinajstić information content (AvgIpc) is 2.49. The maximum atomic E-state index is 12.0. The Balaban J connectivity index is 0. The molecule has 0 radical (unpaired) electrons. The van der Waals surface area contributed by atoms with Crippen LogP contribution in [-0.2, 0) is 14.3 Å². The third-order valence-electron chi connectivity index (χ3n) is 3.63. The molecule has 1 aliphatic heterocycles. The molecule has 3 N–H and O–H groups in total. The Hall–Kier alpha value is -0.600. The highest BCUT2D eigenvalue weighted by Gasteiger charge is 2.27. The van der Waals surface area contributed by atoms with Gasteiger partial charge in [0.25, 0.3) is 0 Å². The maximum Gasteiger partial charge on any atom is 0.242 e. The largest absolute Gasteiger partial charge is 0.383 e. The molecule has 0 bridgehead atoms. The van der Waals surface area contributed by atoms with Crippen molar-refractivity contribution in [1.29, 1.82) is 0 Å². The SMILES string of the molecule is CCC1CN(C(=O)CNC(=O)CN)CCN1CCOC.Cl.Cl. The minimum atomic E-state index is -0.302. The highest BCUT2D eigenvalue weighted by molar-refractivity contribution is 5.86. The molecule has 0 spiro atoms. The summed E-state index contributed by atoms with van der Waals surface area (Å²) < 4.78 is 5.11. The smallest absolute Gasteiger partial charge is 0.242 e. The van der Waals surface area contributed by atoms with Gasteiger partial charge in [0, 0.05) is 39.3 Å². The Morgan fingerprint density at radius 1 is 1.32 bits per heavy atom. The summed E-state index contributed by atoms with van der Waals surface area (Å²) in [5.41, 5.74) is 5.19. The molecule has 2 amide bonds. The summed E-state index contributed by atoms with van der Waals surface area (Å²) >= 11 is 0. The van der Waals surface area contributed by atoms with Crippen LogP contribution in [0.4, 0.5) is 0 Å². The number of hydrogen-bond acceptors (Lipinski definition) is 5. The first-order valence-electron chi connectivity index (χ1n) is 7.09. The van der Waals surface area contributed by atoms with Crippen LogP contribution >= 0.6 is 24.8 Å². The fourth-order valence-electron chi connectivity index (χ4n) is 2.37. The molecule has 0 aromatic rings. The lowest BCUT2D eigenvalue weighted by Crippen LogP contribution is -2.56. The van der Waals surface area contributed by atoms with Crippen LogP contribution in [-0.4, -0.2) is 80.6 Å². The van der Waals surface area contributed by atoms with E-state index in [4.69, 9.17) is 10.5 Å². The summed E-state index contributed by atoms with van der Waals surface area (Å²) in [5.74, 6) is -0.347. The number of rotatable bonds is 7. The Labute approximate surface area is 144 Å². The average molecular weight is 359 g/mol. The van der Waals surface area contributed by atoms with E-state index in [1.54, 1.807) is 7.11 Å². The molecule has 22 heavy (non-hydrogen) atoms. The molecule has 1 saturated heterocycles. The number of amides is 2. The first-order chi connectivity index (χ1) is 9.62. The number of hydrogen-bond donors (Lipinski definition) is 2. The molecular weight excluding hydrogens is 331 g/mol. The predicted molar refractivity (Wildman–Crippen MR) is 90.7 cm³/mol. The molecule has 1 heterocycles. The topological polar surface area (TPSA) is 87.9 Å².